The molecular weight excluding hydrogens is 588 g/mol. The lowest BCUT2D eigenvalue weighted by Gasteiger charge is -2.50. The fourth-order valence-electron chi connectivity index (χ4n) is 5.10. The standard InChI is InChI=1S/C26H27Cl2F3N6O4/c1-13(27)36(35-32-3)20-21(38)23(40-19-12-39-25(41-22(19)20)15-7-5-4-6-8-15)24-33-14(2)34-37(24)18-11-16(28)9-10-17(18)26(29,30)31/h4-11,13,19-23,25,38H,12H2,1-3H3/t13?,19-,20-,21-,22+,23-,25?/m1/s1. The molecular formula is C26H27Cl2F3N6O4. The number of benzene rings is 2. The molecule has 0 aliphatic carbocycles. The molecule has 2 saturated heterocycles. The molecule has 2 fully saturated rings. The Morgan fingerprint density at radius 1 is 1.17 bits per heavy atom. The number of nitrogens with zero attached hydrogens (tertiary/aromatic N) is 6. The molecule has 0 amide bonds. The molecule has 2 aromatic carbocycles. The maximum absolute atomic E-state index is 14.0. The van der Waals surface area contributed by atoms with E-state index in [-0.39, 0.29) is 29.0 Å². The summed E-state index contributed by atoms with van der Waals surface area (Å²) in [6, 6.07) is 11.4. The molecule has 0 bridgehead atoms. The predicted octanol–water partition coefficient (Wildman–Crippen LogP) is 5.42. The van der Waals surface area contributed by atoms with E-state index in [0.717, 1.165) is 28.4 Å². The number of rotatable bonds is 6. The third kappa shape index (κ3) is 5.92. The van der Waals surface area contributed by atoms with Crippen LogP contribution in [-0.4, -0.2) is 68.4 Å². The highest BCUT2D eigenvalue weighted by atomic mass is 35.5. The molecule has 1 N–H and O–H groups in total. The van der Waals surface area contributed by atoms with Crippen LogP contribution in [0.15, 0.2) is 58.9 Å². The summed E-state index contributed by atoms with van der Waals surface area (Å²) in [6.07, 6.45) is -9.83. The second-order valence-electron chi connectivity index (χ2n) is 9.58. The Morgan fingerprint density at radius 2 is 1.90 bits per heavy atom. The second kappa shape index (κ2) is 11.8. The van der Waals surface area contributed by atoms with E-state index in [1.54, 1.807) is 6.92 Å². The lowest BCUT2D eigenvalue weighted by atomic mass is 9.90. The average Bonchev–Trinajstić information content (AvgIpc) is 3.32. The zero-order chi connectivity index (χ0) is 29.5. The van der Waals surface area contributed by atoms with Gasteiger partial charge in [0, 0.05) is 10.6 Å². The van der Waals surface area contributed by atoms with Gasteiger partial charge in [0.05, 0.1) is 24.9 Å². The molecule has 2 unspecified atom stereocenters. The van der Waals surface area contributed by atoms with Crippen molar-refractivity contribution < 1.29 is 32.5 Å². The molecule has 0 spiro atoms. The molecule has 5 rings (SSSR count). The van der Waals surface area contributed by atoms with Crippen LogP contribution in [0.2, 0.25) is 5.02 Å². The van der Waals surface area contributed by atoms with Gasteiger partial charge in [0.25, 0.3) is 0 Å². The summed E-state index contributed by atoms with van der Waals surface area (Å²) in [5, 5.41) is 25.5. The van der Waals surface area contributed by atoms with E-state index >= 15 is 0 Å². The van der Waals surface area contributed by atoms with E-state index < -0.39 is 54.0 Å². The smallest absolute Gasteiger partial charge is 0.388 e. The van der Waals surface area contributed by atoms with Crippen LogP contribution in [0, 0.1) is 6.92 Å². The lowest BCUT2D eigenvalue weighted by molar-refractivity contribution is -0.323. The van der Waals surface area contributed by atoms with Crippen LogP contribution in [-0.2, 0) is 20.4 Å². The molecule has 3 heterocycles. The first-order valence-electron chi connectivity index (χ1n) is 12.7. The molecule has 2 aliphatic heterocycles. The van der Waals surface area contributed by atoms with E-state index in [2.05, 4.69) is 20.4 Å². The van der Waals surface area contributed by atoms with E-state index in [1.165, 1.54) is 19.0 Å². The quantitative estimate of drug-likeness (QED) is 0.171. The normalized spacial score (nSPS) is 27.5. The Morgan fingerprint density at radius 3 is 2.56 bits per heavy atom. The Balaban J connectivity index is 1.59. The summed E-state index contributed by atoms with van der Waals surface area (Å²) in [7, 11) is 1.45. The molecule has 0 radical (unpaired) electrons. The van der Waals surface area contributed by atoms with Gasteiger partial charge in [0.2, 0.25) is 0 Å². The van der Waals surface area contributed by atoms with Crippen LogP contribution in [0.4, 0.5) is 13.2 Å². The topological polar surface area (TPSA) is 107 Å². The first-order valence-corrected chi connectivity index (χ1v) is 13.5. The molecule has 2 aliphatic rings. The number of hydrogen-bond acceptors (Lipinski definition) is 8. The number of ether oxygens (including phenoxy) is 3. The van der Waals surface area contributed by atoms with Crippen LogP contribution in [0.25, 0.3) is 5.69 Å². The van der Waals surface area contributed by atoms with Crippen molar-refractivity contribution in [3.8, 4) is 5.69 Å². The van der Waals surface area contributed by atoms with Gasteiger partial charge in [0.15, 0.2) is 12.1 Å². The molecule has 3 aromatic rings. The van der Waals surface area contributed by atoms with Crippen molar-refractivity contribution in [1.29, 1.82) is 0 Å². The van der Waals surface area contributed by atoms with Crippen molar-refractivity contribution in [3.05, 3.63) is 76.3 Å². The van der Waals surface area contributed by atoms with Gasteiger partial charge in [-0.05, 0) is 32.0 Å². The van der Waals surface area contributed by atoms with E-state index in [0.29, 0.717) is 0 Å². The van der Waals surface area contributed by atoms with Gasteiger partial charge in [-0.15, -0.1) is 0 Å². The van der Waals surface area contributed by atoms with Crippen molar-refractivity contribution >= 4 is 23.2 Å². The second-order valence-corrected chi connectivity index (χ2v) is 10.7. The van der Waals surface area contributed by atoms with Gasteiger partial charge in [-0.3, -0.25) is 5.01 Å². The molecule has 0 saturated carbocycles. The van der Waals surface area contributed by atoms with Gasteiger partial charge >= 0.3 is 6.18 Å². The van der Waals surface area contributed by atoms with Crippen molar-refractivity contribution in [3.63, 3.8) is 0 Å². The van der Waals surface area contributed by atoms with Gasteiger partial charge in [-0.1, -0.05) is 58.8 Å². The van der Waals surface area contributed by atoms with Gasteiger partial charge in [-0.25, -0.2) is 9.67 Å². The number of fused-ring (bicyclic) bond motifs is 1. The van der Waals surface area contributed by atoms with Crippen LogP contribution >= 0.6 is 23.2 Å². The first kappa shape index (κ1) is 29.7. The van der Waals surface area contributed by atoms with Crippen molar-refractivity contribution in [1.82, 2.24) is 19.8 Å². The summed E-state index contributed by atoms with van der Waals surface area (Å²) < 4.78 is 61.5. The Bertz CT molecular complexity index is 1390. The summed E-state index contributed by atoms with van der Waals surface area (Å²) in [5.41, 5.74) is -1.37. The molecule has 220 valence electrons. The molecule has 41 heavy (non-hydrogen) atoms. The number of aromatic nitrogens is 3. The van der Waals surface area contributed by atoms with Crippen LogP contribution in [0.3, 0.4) is 0 Å². The highest BCUT2D eigenvalue weighted by molar-refractivity contribution is 6.30. The highest BCUT2D eigenvalue weighted by Crippen LogP contribution is 2.43. The molecule has 1 aromatic heterocycles. The van der Waals surface area contributed by atoms with Crippen molar-refractivity contribution in [2.45, 2.75) is 62.3 Å². The van der Waals surface area contributed by atoms with Crippen molar-refractivity contribution in [2.24, 2.45) is 10.3 Å². The van der Waals surface area contributed by atoms with Gasteiger partial charge in [0.1, 0.15) is 41.8 Å². The summed E-state index contributed by atoms with van der Waals surface area (Å²) in [6.45, 7) is 3.20. The monoisotopic (exact) mass is 614 g/mol. The van der Waals surface area contributed by atoms with E-state index in [9.17, 15) is 18.3 Å². The summed E-state index contributed by atoms with van der Waals surface area (Å²) in [4.78, 5) is 4.37. The molecule has 7 atom stereocenters. The lowest BCUT2D eigenvalue weighted by Crippen LogP contribution is -2.64. The van der Waals surface area contributed by atoms with Crippen LogP contribution in [0.1, 0.15) is 42.1 Å². The van der Waals surface area contributed by atoms with Crippen LogP contribution in [0.5, 0.6) is 0 Å². The van der Waals surface area contributed by atoms with Crippen molar-refractivity contribution in [2.75, 3.05) is 13.7 Å². The number of aliphatic hydroxyl groups is 1. The number of alkyl halides is 4. The Hall–Kier alpha value is -2.81. The third-order valence-electron chi connectivity index (χ3n) is 6.80. The number of aliphatic hydroxyl groups excluding tert-OH is 1. The fraction of sp³-hybridized carbons (Fsp3) is 0.462. The minimum absolute atomic E-state index is 0.0375. The average molecular weight is 615 g/mol. The maximum atomic E-state index is 14.0. The predicted molar refractivity (Wildman–Crippen MR) is 141 cm³/mol. The largest absolute Gasteiger partial charge is 0.418 e. The SMILES string of the molecule is CN=NN(C(C)Cl)[C@@H]1[C@@H](O)[C@H](c2nc(C)nn2-c2cc(Cl)ccc2C(F)(F)F)O[C@@H]2COC(c3ccccc3)O[C@H]12. The summed E-state index contributed by atoms with van der Waals surface area (Å²) in [5.74, 6) is 0.0747. The minimum Gasteiger partial charge on any atom is -0.388 e. The first-order chi connectivity index (χ1) is 19.5. The van der Waals surface area contributed by atoms with E-state index in [1.807, 2.05) is 30.3 Å². The molecule has 15 heteroatoms. The third-order valence-corrected chi connectivity index (χ3v) is 7.23. The van der Waals surface area contributed by atoms with Crippen LogP contribution < -0.4 is 0 Å². The number of halogens is 5. The number of aryl methyl sites for hydroxylation is 1. The maximum Gasteiger partial charge on any atom is 0.418 e. The zero-order valence-corrected chi connectivity index (χ0v) is 23.6. The fourth-order valence-corrected chi connectivity index (χ4v) is 5.43. The Kier molecular flexibility index (Phi) is 8.56. The summed E-state index contributed by atoms with van der Waals surface area (Å²) >= 11 is 12.6. The van der Waals surface area contributed by atoms with E-state index in [4.69, 9.17) is 37.4 Å². The number of hydrogen-bond donors (Lipinski definition) is 1. The Labute approximate surface area is 243 Å². The van der Waals surface area contributed by atoms with Gasteiger partial charge < -0.3 is 19.3 Å². The minimum atomic E-state index is -4.72. The highest BCUT2D eigenvalue weighted by Gasteiger charge is 2.54. The van der Waals surface area contributed by atoms with Gasteiger partial charge in [-0.2, -0.15) is 23.4 Å². The molecule has 10 nitrogen and oxygen atoms in total. The zero-order valence-electron chi connectivity index (χ0n) is 22.1.